The molecule has 0 aliphatic heterocycles. The minimum absolute atomic E-state index is 0.180. The Balaban J connectivity index is 1.54. The highest BCUT2D eigenvalue weighted by Gasteiger charge is 2.17. The van der Waals surface area contributed by atoms with Crippen molar-refractivity contribution in [2.45, 2.75) is 6.54 Å². The van der Waals surface area contributed by atoms with Gasteiger partial charge in [0.1, 0.15) is 11.6 Å². The Kier molecular flexibility index (Phi) is 4.85. The predicted octanol–water partition coefficient (Wildman–Crippen LogP) is 3.96. The van der Waals surface area contributed by atoms with E-state index in [1.807, 2.05) is 0 Å². The summed E-state index contributed by atoms with van der Waals surface area (Å²) in [4.78, 5) is 27.6. The van der Waals surface area contributed by atoms with Crippen LogP contribution in [0.1, 0.15) is 5.56 Å². The summed E-state index contributed by atoms with van der Waals surface area (Å²) >= 11 is 0. The number of imidazole rings is 1. The second kappa shape index (κ2) is 7.86. The summed E-state index contributed by atoms with van der Waals surface area (Å²) < 4.78 is 49.9. The summed E-state index contributed by atoms with van der Waals surface area (Å²) in [5, 5.41) is 0.193. The number of nitrogens with zero attached hydrogens (tertiary/aromatic N) is 5. The van der Waals surface area contributed by atoms with Crippen molar-refractivity contribution in [3.8, 4) is 17.0 Å². The third kappa shape index (κ3) is 3.69. The molecule has 0 aliphatic rings. The number of aromatic nitrogens is 5. The number of benzene rings is 2. The maximum absolute atomic E-state index is 15.0. The topological polar surface area (TPSA) is 109 Å². The molecule has 0 atom stereocenters. The van der Waals surface area contributed by atoms with Crippen LogP contribution in [0.2, 0.25) is 0 Å². The molecule has 0 fully saturated rings. The molecule has 11 heteroatoms. The van der Waals surface area contributed by atoms with Gasteiger partial charge in [0, 0.05) is 28.8 Å². The maximum Gasteiger partial charge on any atom is 0.410 e. The van der Waals surface area contributed by atoms with E-state index >= 15 is 4.39 Å². The zero-order valence-corrected chi connectivity index (χ0v) is 16.7. The Morgan fingerprint density at radius 2 is 1.91 bits per heavy atom. The molecule has 33 heavy (non-hydrogen) atoms. The Labute approximate surface area is 183 Å². The lowest BCUT2D eigenvalue weighted by Crippen LogP contribution is -2.16. The molecule has 8 nitrogen and oxygen atoms in total. The van der Waals surface area contributed by atoms with Crippen LogP contribution >= 0.6 is 0 Å². The van der Waals surface area contributed by atoms with Gasteiger partial charge < -0.3 is 15.0 Å². The average molecular weight is 450 g/mol. The molecular formula is C22H13F3N6O2. The van der Waals surface area contributed by atoms with Gasteiger partial charge in [0.15, 0.2) is 22.9 Å². The van der Waals surface area contributed by atoms with Gasteiger partial charge in [-0.1, -0.05) is 0 Å². The van der Waals surface area contributed by atoms with E-state index < -0.39 is 23.5 Å². The van der Waals surface area contributed by atoms with Crippen LogP contribution in [0.5, 0.6) is 5.75 Å². The van der Waals surface area contributed by atoms with E-state index in [-0.39, 0.29) is 45.7 Å². The number of pyridine rings is 1. The van der Waals surface area contributed by atoms with E-state index in [2.05, 4.69) is 24.7 Å². The van der Waals surface area contributed by atoms with Crippen LogP contribution in [0.25, 0.3) is 33.5 Å². The lowest BCUT2D eigenvalue weighted by atomic mass is 10.1. The number of fused-ring (bicyclic) bond motifs is 2. The van der Waals surface area contributed by atoms with Crippen LogP contribution in [0.3, 0.4) is 0 Å². The summed E-state index contributed by atoms with van der Waals surface area (Å²) in [6, 6.07) is 8.05. The molecule has 0 radical (unpaired) electrons. The fourth-order valence-corrected chi connectivity index (χ4v) is 3.45. The molecule has 5 rings (SSSR count). The van der Waals surface area contributed by atoms with Crippen molar-refractivity contribution in [2.24, 2.45) is 5.73 Å². The molecule has 0 unspecified atom stereocenters. The van der Waals surface area contributed by atoms with Gasteiger partial charge in [-0.15, -0.1) is 0 Å². The molecule has 2 aromatic carbocycles. The minimum atomic E-state index is -1.14. The SMILES string of the molecule is NC(=O)Oc1ccc(-c2cnc3ncn(Cc4c(F)cc5ncccc5c4F)c3n2)cc1F. The number of amides is 1. The third-order valence-electron chi connectivity index (χ3n) is 4.99. The van der Waals surface area contributed by atoms with E-state index in [0.29, 0.717) is 5.56 Å². The summed E-state index contributed by atoms with van der Waals surface area (Å²) in [6.45, 7) is -0.198. The second-order valence-corrected chi connectivity index (χ2v) is 7.06. The van der Waals surface area contributed by atoms with Crippen LogP contribution in [0.15, 0.2) is 55.1 Å². The Bertz CT molecular complexity index is 1550. The van der Waals surface area contributed by atoms with Gasteiger partial charge in [0.05, 0.1) is 30.3 Å². The number of hydrogen-bond donors (Lipinski definition) is 1. The number of rotatable bonds is 4. The van der Waals surface area contributed by atoms with E-state index in [1.165, 1.54) is 47.6 Å². The highest BCUT2D eigenvalue weighted by atomic mass is 19.1. The van der Waals surface area contributed by atoms with Crippen molar-refractivity contribution >= 4 is 28.3 Å². The smallest absolute Gasteiger partial charge is 0.407 e. The molecule has 1 amide bonds. The van der Waals surface area contributed by atoms with Gasteiger partial charge >= 0.3 is 6.09 Å². The van der Waals surface area contributed by atoms with Gasteiger partial charge in [-0.05, 0) is 30.3 Å². The molecule has 3 heterocycles. The normalized spacial score (nSPS) is 11.2. The molecule has 0 aliphatic carbocycles. The van der Waals surface area contributed by atoms with Crippen molar-refractivity contribution < 1.29 is 22.7 Å². The van der Waals surface area contributed by atoms with Crippen molar-refractivity contribution in [3.63, 3.8) is 0 Å². The largest absolute Gasteiger partial charge is 0.410 e. The maximum atomic E-state index is 15.0. The van der Waals surface area contributed by atoms with Crippen LogP contribution in [0, 0.1) is 17.5 Å². The highest BCUT2D eigenvalue weighted by molar-refractivity contribution is 5.80. The summed E-state index contributed by atoms with van der Waals surface area (Å²) in [5.74, 6) is -2.63. The summed E-state index contributed by atoms with van der Waals surface area (Å²) in [5.41, 5.74) is 6.04. The van der Waals surface area contributed by atoms with Gasteiger partial charge in [-0.2, -0.15) is 0 Å². The molecule has 0 spiro atoms. The monoisotopic (exact) mass is 450 g/mol. The second-order valence-electron chi connectivity index (χ2n) is 7.06. The number of primary amides is 1. The quantitative estimate of drug-likeness (QED) is 0.444. The molecule has 164 valence electrons. The molecular weight excluding hydrogens is 437 g/mol. The Morgan fingerprint density at radius 1 is 1.06 bits per heavy atom. The van der Waals surface area contributed by atoms with Gasteiger partial charge in [0.2, 0.25) is 0 Å². The fourth-order valence-electron chi connectivity index (χ4n) is 3.45. The first-order valence-electron chi connectivity index (χ1n) is 9.57. The number of carbonyl (C=O) groups excluding carboxylic acids is 1. The molecule has 3 aromatic heterocycles. The van der Waals surface area contributed by atoms with Gasteiger partial charge in [-0.3, -0.25) is 4.98 Å². The minimum Gasteiger partial charge on any atom is -0.407 e. The van der Waals surface area contributed by atoms with Crippen molar-refractivity contribution in [1.29, 1.82) is 0 Å². The number of hydrogen-bond acceptors (Lipinski definition) is 6. The van der Waals surface area contributed by atoms with Crippen LogP contribution < -0.4 is 10.5 Å². The van der Waals surface area contributed by atoms with Crippen LogP contribution in [-0.2, 0) is 6.54 Å². The lowest BCUT2D eigenvalue weighted by molar-refractivity contribution is 0.208. The number of carbonyl (C=O) groups is 1. The van der Waals surface area contributed by atoms with Crippen LogP contribution in [0.4, 0.5) is 18.0 Å². The van der Waals surface area contributed by atoms with Crippen molar-refractivity contribution in [3.05, 3.63) is 78.1 Å². The zero-order valence-electron chi connectivity index (χ0n) is 16.7. The van der Waals surface area contributed by atoms with Gasteiger partial charge in [0.25, 0.3) is 0 Å². The number of ether oxygens (including phenoxy) is 1. The highest BCUT2D eigenvalue weighted by Crippen LogP contribution is 2.27. The zero-order chi connectivity index (χ0) is 23.1. The van der Waals surface area contributed by atoms with E-state index in [0.717, 1.165) is 6.07 Å². The number of halogens is 3. The van der Waals surface area contributed by atoms with E-state index in [1.54, 1.807) is 6.07 Å². The van der Waals surface area contributed by atoms with E-state index in [4.69, 9.17) is 5.73 Å². The van der Waals surface area contributed by atoms with Crippen molar-refractivity contribution in [2.75, 3.05) is 0 Å². The summed E-state index contributed by atoms with van der Waals surface area (Å²) in [7, 11) is 0. The first-order valence-corrected chi connectivity index (χ1v) is 9.57. The Morgan fingerprint density at radius 3 is 2.70 bits per heavy atom. The summed E-state index contributed by atoms with van der Waals surface area (Å²) in [6.07, 6.45) is 3.06. The molecule has 2 N–H and O–H groups in total. The Hall–Kier alpha value is -4.54. The van der Waals surface area contributed by atoms with E-state index in [9.17, 15) is 13.6 Å². The van der Waals surface area contributed by atoms with Crippen molar-refractivity contribution in [1.82, 2.24) is 24.5 Å². The number of nitrogens with two attached hydrogens (primary N) is 1. The van der Waals surface area contributed by atoms with Gasteiger partial charge in [-0.25, -0.2) is 32.9 Å². The fraction of sp³-hybridized carbons (Fsp3) is 0.0455. The third-order valence-corrected chi connectivity index (χ3v) is 4.99. The first kappa shape index (κ1) is 20.4. The standard InChI is InChI=1S/C22H13F3N6O2/c23-14-7-16-12(2-1-5-27-16)19(25)13(14)9-31-10-29-20-21(31)30-17(8-28-20)11-3-4-18(15(24)6-11)33-22(26)32/h1-8,10H,9H2,(H2,26,32). The average Bonchev–Trinajstić information content (AvgIpc) is 3.19. The molecule has 0 saturated heterocycles. The molecule has 5 aromatic rings. The first-order chi connectivity index (χ1) is 15.9. The molecule has 0 bridgehead atoms. The van der Waals surface area contributed by atoms with Crippen LogP contribution in [-0.4, -0.2) is 30.6 Å². The predicted molar refractivity (Wildman–Crippen MR) is 112 cm³/mol. The molecule has 0 saturated carbocycles. The lowest BCUT2D eigenvalue weighted by Gasteiger charge is -2.10.